The van der Waals surface area contributed by atoms with Crippen LogP contribution in [-0.4, -0.2) is 17.9 Å². The first kappa shape index (κ1) is 85.2. The largest absolute Gasteiger partial charge is 0.427 e. The molecule has 0 atom stereocenters. The monoisotopic (exact) mass is 1550 g/mol. The maximum atomic E-state index is 14.6. The summed E-state index contributed by atoms with van der Waals surface area (Å²) in [6.45, 7) is 21.1. The van der Waals surface area contributed by atoms with Crippen LogP contribution in [-0.2, 0) is 33.6 Å². The van der Waals surface area contributed by atoms with Gasteiger partial charge < -0.3 is 14.2 Å². The predicted molar refractivity (Wildman–Crippen MR) is 455 cm³/mol. The van der Waals surface area contributed by atoms with Gasteiger partial charge >= 0.3 is 17.9 Å². The SMILES string of the molecule is [C-]#[N+]c1ccc(-c2ccc(OC(=O)CCCCCCCCCc3ccc(-c4ccc(C#N)cc4)c(F)c3)cc2)cc1.[C-]#[N+]c1ccc(-c2ccc(OC(=O)CCCCCCCc3ccc(-c4ccc(C#N)cc4)c(F)c3)cc2)cc1.[C-]#[N+]c1ccc(-c2ccc(OC(=O)CCCCCc3ccc(-c4ccc(C#N)cc4)c(F)c3)cc2)cc1. The van der Waals surface area contributed by atoms with Gasteiger partial charge in [0, 0.05) is 36.0 Å². The first-order valence-electron chi connectivity index (χ1n) is 39.4. The third-order valence-electron chi connectivity index (χ3n) is 19.9. The number of carbonyl (C=O) groups is 3. The molecular weight excluding hydrogens is 1460 g/mol. The molecule has 0 aliphatic heterocycles. The number of rotatable bonds is 33. The fraction of sp³-hybridized carbons (Fsp3) is 0.206. The second-order valence-corrected chi connectivity index (χ2v) is 28.3. The van der Waals surface area contributed by atoms with Gasteiger partial charge in [-0.05, 0) is 216 Å². The molecule has 0 heterocycles. The summed E-state index contributed by atoms with van der Waals surface area (Å²) < 4.78 is 60.3. The quantitative estimate of drug-likeness (QED) is 0.0169. The summed E-state index contributed by atoms with van der Waals surface area (Å²) >= 11 is 0. The van der Waals surface area contributed by atoms with Crippen molar-refractivity contribution in [3.8, 4) is 102 Å². The van der Waals surface area contributed by atoms with Crippen molar-refractivity contribution in [1.82, 2.24) is 0 Å². The average molecular weight is 1550 g/mol. The molecule has 0 bridgehead atoms. The van der Waals surface area contributed by atoms with Gasteiger partial charge in [-0.2, -0.15) is 15.8 Å². The highest BCUT2D eigenvalue weighted by Crippen LogP contribution is 2.33. The standard InChI is InChI=1S/C36H33FN2O2.C34H29FN2O2.C32H25FN2O2/c1-39-32-20-16-29(17-21-32)30-18-22-33(23-19-30)41-36(40)10-8-6-4-2-3-5-7-9-27-13-24-34(35(37)25-27)31-14-11-28(26-38)12-15-31;1-37-30-18-14-27(15-19-30)28-16-20-31(21-17-28)39-34(38)8-6-4-2-3-5-7-25-11-22-32(33(35)23-25)29-12-9-26(24-36)10-13-29;1-35-28-16-12-25(13-17-28)26-14-18-29(19-15-26)37-32(36)6-4-2-3-5-23-9-20-30(31(33)21-23)27-10-7-24(22-34)8-11-27/h11-25H,2-10H2;9-23H,2-8H2;7-21H,2-6H2. The molecule has 12 rings (SSSR count). The Bertz CT molecular complexity index is 5540. The van der Waals surface area contributed by atoms with Crippen LogP contribution in [0.2, 0.25) is 0 Å². The van der Waals surface area contributed by atoms with Crippen molar-refractivity contribution in [3.05, 3.63) is 358 Å². The van der Waals surface area contributed by atoms with E-state index in [1.807, 2.05) is 97.1 Å². The van der Waals surface area contributed by atoms with Crippen molar-refractivity contribution in [2.45, 2.75) is 135 Å². The summed E-state index contributed by atoms with van der Waals surface area (Å²) in [6, 6.07) is 87.3. The number of unbranched alkanes of at least 4 members (excludes halogenated alkanes) is 12. The Kier molecular flexibility index (Phi) is 33.1. The lowest BCUT2D eigenvalue weighted by molar-refractivity contribution is -0.135. The number of benzene rings is 12. The summed E-state index contributed by atoms with van der Waals surface area (Å²) in [7, 11) is 0. The summed E-state index contributed by atoms with van der Waals surface area (Å²) in [6.07, 6.45) is 17.9. The van der Waals surface area contributed by atoms with E-state index >= 15 is 0 Å². The molecule has 0 N–H and O–H groups in total. The normalized spacial score (nSPS) is 10.4. The number of nitriles is 3. The van der Waals surface area contributed by atoms with Crippen LogP contribution in [0.25, 0.3) is 81.3 Å². The van der Waals surface area contributed by atoms with Crippen molar-refractivity contribution >= 4 is 35.0 Å². The van der Waals surface area contributed by atoms with Gasteiger partial charge in [0.15, 0.2) is 17.1 Å². The summed E-state index contributed by atoms with van der Waals surface area (Å²) in [5, 5.41) is 26.8. The molecule has 12 nitrogen and oxygen atoms in total. The Morgan fingerprint density at radius 1 is 0.265 bits per heavy atom. The molecule has 0 aliphatic carbocycles. The van der Waals surface area contributed by atoms with Gasteiger partial charge in [-0.15, -0.1) is 0 Å². The fourth-order valence-electron chi connectivity index (χ4n) is 13.3. The molecule has 582 valence electrons. The number of carbonyl (C=O) groups excluding carboxylic acids is 3. The molecule has 0 fully saturated rings. The van der Waals surface area contributed by atoms with Crippen LogP contribution in [0.3, 0.4) is 0 Å². The van der Waals surface area contributed by atoms with Crippen molar-refractivity contribution in [2.24, 2.45) is 0 Å². The van der Waals surface area contributed by atoms with Gasteiger partial charge in [-0.25, -0.2) is 27.7 Å². The maximum absolute atomic E-state index is 14.6. The van der Waals surface area contributed by atoms with Gasteiger partial charge in [-0.3, -0.25) is 14.4 Å². The Balaban J connectivity index is 0.000000185. The van der Waals surface area contributed by atoms with E-state index in [4.69, 9.17) is 49.7 Å². The zero-order valence-corrected chi connectivity index (χ0v) is 65.1. The molecule has 12 aromatic carbocycles. The second-order valence-electron chi connectivity index (χ2n) is 28.3. The van der Waals surface area contributed by atoms with Gasteiger partial charge in [0.2, 0.25) is 0 Å². The van der Waals surface area contributed by atoms with Gasteiger partial charge in [0.1, 0.15) is 34.7 Å². The number of esters is 3. The van der Waals surface area contributed by atoms with Crippen molar-refractivity contribution in [3.63, 3.8) is 0 Å². The number of nitrogens with zero attached hydrogens (tertiary/aromatic N) is 6. The zero-order chi connectivity index (χ0) is 82.4. The Morgan fingerprint density at radius 3 is 0.692 bits per heavy atom. The van der Waals surface area contributed by atoms with Crippen LogP contribution in [0.15, 0.2) is 273 Å². The van der Waals surface area contributed by atoms with E-state index in [1.165, 1.54) is 0 Å². The predicted octanol–water partition coefficient (Wildman–Crippen LogP) is 27.2. The van der Waals surface area contributed by atoms with E-state index < -0.39 is 0 Å². The van der Waals surface area contributed by atoms with E-state index in [9.17, 15) is 27.6 Å². The molecule has 0 unspecified atom stereocenters. The summed E-state index contributed by atoms with van der Waals surface area (Å²) in [4.78, 5) is 46.8. The molecule has 0 radical (unpaired) electrons. The lowest BCUT2D eigenvalue weighted by Gasteiger charge is -2.08. The Morgan fingerprint density at radius 2 is 0.470 bits per heavy atom. The number of hydrogen-bond acceptors (Lipinski definition) is 9. The van der Waals surface area contributed by atoms with Crippen LogP contribution in [0.5, 0.6) is 17.2 Å². The highest BCUT2D eigenvalue weighted by molar-refractivity contribution is 5.76. The molecule has 0 amide bonds. The van der Waals surface area contributed by atoms with Gasteiger partial charge in [0.25, 0.3) is 0 Å². The van der Waals surface area contributed by atoms with Crippen LogP contribution in [0.1, 0.15) is 149 Å². The van der Waals surface area contributed by atoms with Crippen LogP contribution in [0.4, 0.5) is 30.2 Å². The van der Waals surface area contributed by atoms with E-state index in [2.05, 4.69) is 32.7 Å². The lowest BCUT2D eigenvalue weighted by atomic mass is 9.99. The minimum Gasteiger partial charge on any atom is -0.427 e. The third-order valence-corrected chi connectivity index (χ3v) is 19.9. The van der Waals surface area contributed by atoms with Crippen molar-refractivity contribution in [1.29, 1.82) is 15.8 Å². The number of hydrogen-bond donors (Lipinski definition) is 0. The highest BCUT2D eigenvalue weighted by Gasteiger charge is 2.14. The van der Waals surface area contributed by atoms with Crippen LogP contribution in [0, 0.1) is 71.2 Å². The van der Waals surface area contributed by atoms with Crippen LogP contribution < -0.4 is 14.2 Å². The molecule has 0 spiro atoms. The molecule has 0 saturated carbocycles. The average Bonchev–Trinajstić information content (AvgIpc) is 0.844. The van der Waals surface area contributed by atoms with E-state index in [1.54, 1.807) is 176 Å². The Labute approximate surface area is 683 Å². The molecule has 0 aliphatic rings. The van der Waals surface area contributed by atoms with Crippen LogP contribution >= 0.6 is 0 Å². The molecule has 0 aromatic heterocycles. The molecule has 117 heavy (non-hydrogen) atoms. The molecule has 12 aromatic rings. The fourth-order valence-corrected chi connectivity index (χ4v) is 13.3. The first-order valence-corrected chi connectivity index (χ1v) is 39.4. The molecule has 15 heteroatoms. The number of aryl methyl sites for hydroxylation is 3. The lowest BCUT2D eigenvalue weighted by Crippen LogP contribution is -2.07. The molecular formula is C102H87F3N6O6. The van der Waals surface area contributed by atoms with E-state index in [-0.39, 0.29) is 35.4 Å². The maximum Gasteiger partial charge on any atom is 0.311 e. The van der Waals surface area contributed by atoms with E-state index in [0.29, 0.717) is 93.4 Å². The minimum absolute atomic E-state index is 0.211. The van der Waals surface area contributed by atoms with Crippen molar-refractivity contribution in [2.75, 3.05) is 0 Å². The molecule has 0 saturated heterocycles. The third kappa shape index (κ3) is 27.3. The zero-order valence-electron chi connectivity index (χ0n) is 65.1. The highest BCUT2D eigenvalue weighted by atomic mass is 19.1. The number of ether oxygens (including phenoxy) is 3. The smallest absolute Gasteiger partial charge is 0.311 e. The summed E-state index contributed by atoms with van der Waals surface area (Å²) in [5.41, 5.74) is 16.3. The topological polar surface area (TPSA) is 163 Å². The number of halogens is 3. The van der Waals surface area contributed by atoms with Gasteiger partial charge in [0.05, 0.1) is 54.6 Å². The Hall–Kier alpha value is -14.2. The summed E-state index contributed by atoms with van der Waals surface area (Å²) in [5.74, 6) is 0.0960. The van der Waals surface area contributed by atoms with Gasteiger partial charge in [-0.1, -0.05) is 240 Å². The first-order chi connectivity index (χ1) is 57.2. The van der Waals surface area contributed by atoms with Crippen molar-refractivity contribution < 1.29 is 41.8 Å². The van der Waals surface area contributed by atoms with E-state index in [0.717, 1.165) is 176 Å². The minimum atomic E-state index is -0.280. The second kappa shape index (κ2) is 45.5.